The number of aliphatic hydroxyl groups excluding tert-OH is 1. The molecule has 29 heavy (non-hydrogen) atoms. The molecule has 4 heterocycles. The van der Waals surface area contributed by atoms with Crippen LogP contribution in [-0.4, -0.2) is 80.9 Å². The second kappa shape index (κ2) is 8.44. The average molecular weight is 401 g/mol. The Morgan fingerprint density at radius 1 is 1.24 bits per heavy atom. The van der Waals surface area contributed by atoms with Gasteiger partial charge in [0.15, 0.2) is 0 Å². The fraction of sp³-hybridized carbons (Fsp3) is 0.650. The van der Waals surface area contributed by atoms with Crippen molar-refractivity contribution in [1.82, 2.24) is 25.1 Å². The van der Waals surface area contributed by atoms with Crippen LogP contribution in [0.1, 0.15) is 42.6 Å². The first kappa shape index (κ1) is 19.8. The highest BCUT2D eigenvalue weighted by molar-refractivity contribution is 5.91. The number of aliphatic hydroxyl groups is 1. The van der Waals surface area contributed by atoms with Crippen molar-refractivity contribution in [1.29, 1.82) is 0 Å². The monoisotopic (exact) mass is 401 g/mol. The molecule has 4 atom stereocenters. The van der Waals surface area contributed by atoms with E-state index in [2.05, 4.69) is 15.3 Å². The fourth-order valence-corrected chi connectivity index (χ4v) is 5.20. The van der Waals surface area contributed by atoms with Gasteiger partial charge >= 0.3 is 0 Å². The van der Waals surface area contributed by atoms with E-state index in [0.29, 0.717) is 26.1 Å². The maximum atomic E-state index is 12.8. The number of hydrogen-bond acceptors (Lipinski definition) is 6. The molecule has 1 aromatic rings. The van der Waals surface area contributed by atoms with E-state index in [0.717, 1.165) is 19.3 Å². The second-order valence-electron chi connectivity index (χ2n) is 8.16. The van der Waals surface area contributed by atoms with Gasteiger partial charge in [-0.05, 0) is 31.1 Å². The maximum Gasteiger partial charge on any atom is 0.271 e. The molecule has 3 amide bonds. The van der Waals surface area contributed by atoms with Gasteiger partial charge in [-0.1, -0.05) is 0 Å². The Kier molecular flexibility index (Phi) is 5.75. The summed E-state index contributed by atoms with van der Waals surface area (Å²) < 4.78 is 0. The zero-order valence-corrected chi connectivity index (χ0v) is 16.4. The van der Waals surface area contributed by atoms with E-state index in [4.69, 9.17) is 5.11 Å². The van der Waals surface area contributed by atoms with Gasteiger partial charge in [0.2, 0.25) is 11.8 Å². The summed E-state index contributed by atoms with van der Waals surface area (Å²) in [7, 11) is 0. The number of piperidine rings is 3. The number of nitrogens with zero attached hydrogens (tertiary/aromatic N) is 4. The number of amides is 3. The van der Waals surface area contributed by atoms with Crippen LogP contribution < -0.4 is 5.32 Å². The Bertz CT molecular complexity index is 773. The number of hydrogen-bond donors (Lipinski definition) is 2. The highest BCUT2D eigenvalue weighted by Gasteiger charge is 2.49. The lowest BCUT2D eigenvalue weighted by molar-refractivity contribution is -0.156. The molecule has 0 spiro atoms. The molecule has 2 bridgehead atoms. The highest BCUT2D eigenvalue weighted by Crippen LogP contribution is 2.41. The average Bonchev–Trinajstić information content (AvgIpc) is 2.74. The van der Waals surface area contributed by atoms with Crippen molar-refractivity contribution in [2.24, 2.45) is 11.8 Å². The minimum absolute atomic E-state index is 0.0415. The van der Waals surface area contributed by atoms with Gasteiger partial charge in [0.1, 0.15) is 5.69 Å². The van der Waals surface area contributed by atoms with Crippen molar-refractivity contribution in [3.05, 3.63) is 24.3 Å². The molecule has 0 aliphatic carbocycles. The zero-order chi connectivity index (χ0) is 20.4. The Morgan fingerprint density at radius 3 is 2.83 bits per heavy atom. The first-order valence-electron chi connectivity index (χ1n) is 10.3. The van der Waals surface area contributed by atoms with E-state index >= 15 is 0 Å². The highest BCUT2D eigenvalue weighted by atomic mass is 16.3. The summed E-state index contributed by atoms with van der Waals surface area (Å²) in [5.41, 5.74) is 0.242. The molecule has 1 aromatic heterocycles. The molecule has 0 radical (unpaired) electrons. The van der Waals surface area contributed by atoms with E-state index in [1.54, 1.807) is 0 Å². The Hall–Kier alpha value is -2.55. The van der Waals surface area contributed by atoms with Crippen molar-refractivity contribution < 1.29 is 19.5 Å². The summed E-state index contributed by atoms with van der Waals surface area (Å²) in [5.74, 6) is 0.152. The molecule has 0 unspecified atom stereocenters. The van der Waals surface area contributed by atoms with Crippen LogP contribution in [0.4, 0.5) is 0 Å². The summed E-state index contributed by atoms with van der Waals surface area (Å²) in [6, 6.07) is -0.0370. The van der Waals surface area contributed by atoms with Crippen LogP contribution >= 0.6 is 0 Å². The molecule has 3 aliphatic rings. The summed E-state index contributed by atoms with van der Waals surface area (Å²) >= 11 is 0. The lowest BCUT2D eigenvalue weighted by Gasteiger charge is -2.56. The summed E-state index contributed by atoms with van der Waals surface area (Å²) in [4.78, 5) is 49.4. The first-order valence-corrected chi connectivity index (χ1v) is 10.3. The standard InChI is InChI=1S/C20H27N5O4/c26-7-4-18(27)24-11-13-8-14(12-24)17(25-16(13)2-1-3-19(25)28)10-23-20(29)15-9-21-5-6-22-15/h5-6,9,13-14,16-17,26H,1-4,7-8,10-12H2,(H,23,29)/t13-,14+,16+,17+/m1/s1. The van der Waals surface area contributed by atoms with Crippen molar-refractivity contribution in [2.45, 2.75) is 44.2 Å². The molecule has 4 rings (SSSR count). The van der Waals surface area contributed by atoms with Gasteiger partial charge in [-0.15, -0.1) is 0 Å². The van der Waals surface area contributed by atoms with Crippen LogP contribution in [0.25, 0.3) is 0 Å². The topological polar surface area (TPSA) is 116 Å². The Morgan fingerprint density at radius 2 is 2.07 bits per heavy atom. The van der Waals surface area contributed by atoms with Gasteiger partial charge in [-0.3, -0.25) is 19.4 Å². The SMILES string of the molecule is O=C(NC[C@H]1[C@H]2C[C@H](CN(C(=O)CCO)C2)[C@@H]2CCCC(=O)N21)c1cnccn1. The van der Waals surface area contributed by atoms with E-state index in [1.807, 2.05) is 9.80 Å². The minimum Gasteiger partial charge on any atom is -0.396 e. The van der Waals surface area contributed by atoms with Crippen molar-refractivity contribution in [3.8, 4) is 0 Å². The molecular weight excluding hydrogens is 374 g/mol. The fourth-order valence-electron chi connectivity index (χ4n) is 5.20. The largest absolute Gasteiger partial charge is 0.396 e. The Balaban J connectivity index is 1.52. The van der Waals surface area contributed by atoms with Crippen LogP contribution in [0.15, 0.2) is 18.6 Å². The molecule has 156 valence electrons. The third kappa shape index (κ3) is 3.96. The molecule has 9 heteroatoms. The Labute approximate surface area is 169 Å². The lowest BCUT2D eigenvalue weighted by atomic mass is 9.72. The summed E-state index contributed by atoms with van der Waals surface area (Å²) in [6.45, 7) is 1.37. The number of carbonyl (C=O) groups is 3. The number of fused-ring (bicyclic) bond motifs is 4. The molecule has 3 aliphatic heterocycles. The molecule has 9 nitrogen and oxygen atoms in total. The van der Waals surface area contributed by atoms with Gasteiger partial charge in [0.25, 0.3) is 5.91 Å². The molecular formula is C20H27N5O4. The van der Waals surface area contributed by atoms with Crippen LogP contribution in [0.3, 0.4) is 0 Å². The molecule has 2 N–H and O–H groups in total. The van der Waals surface area contributed by atoms with Gasteiger partial charge in [-0.2, -0.15) is 0 Å². The van der Waals surface area contributed by atoms with Crippen LogP contribution in [0, 0.1) is 11.8 Å². The molecule has 3 fully saturated rings. The molecule has 0 saturated carbocycles. The number of aromatic nitrogens is 2. The molecule has 0 aromatic carbocycles. The normalized spacial score (nSPS) is 28.7. The second-order valence-corrected chi connectivity index (χ2v) is 8.16. The van der Waals surface area contributed by atoms with Crippen LogP contribution in [-0.2, 0) is 9.59 Å². The maximum absolute atomic E-state index is 12.8. The minimum atomic E-state index is -0.315. The third-order valence-corrected chi connectivity index (χ3v) is 6.44. The van der Waals surface area contributed by atoms with Crippen molar-refractivity contribution in [2.75, 3.05) is 26.2 Å². The predicted octanol–water partition coefficient (Wildman–Crippen LogP) is -0.183. The first-order chi connectivity index (χ1) is 14.1. The smallest absolute Gasteiger partial charge is 0.271 e. The summed E-state index contributed by atoms with van der Waals surface area (Å²) in [5, 5.41) is 12.1. The van der Waals surface area contributed by atoms with Crippen molar-refractivity contribution >= 4 is 17.7 Å². The zero-order valence-electron chi connectivity index (χ0n) is 16.4. The summed E-state index contributed by atoms with van der Waals surface area (Å²) in [6.07, 6.45) is 7.80. The van der Waals surface area contributed by atoms with Crippen LogP contribution in [0.2, 0.25) is 0 Å². The lowest BCUT2D eigenvalue weighted by Crippen LogP contribution is -2.67. The number of nitrogens with one attached hydrogen (secondary N) is 1. The number of rotatable bonds is 5. The van der Waals surface area contributed by atoms with Gasteiger partial charge in [0.05, 0.1) is 18.8 Å². The third-order valence-electron chi connectivity index (χ3n) is 6.44. The van der Waals surface area contributed by atoms with Crippen LogP contribution in [0.5, 0.6) is 0 Å². The van der Waals surface area contributed by atoms with Crippen molar-refractivity contribution in [3.63, 3.8) is 0 Å². The quantitative estimate of drug-likeness (QED) is 0.707. The number of carbonyl (C=O) groups excluding carboxylic acids is 3. The van der Waals surface area contributed by atoms with E-state index in [1.165, 1.54) is 18.6 Å². The van der Waals surface area contributed by atoms with E-state index in [-0.39, 0.29) is 60.4 Å². The predicted molar refractivity (Wildman–Crippen MR) is 103 cm³/mol. The molecule has 3 saturated heterocycles. The number of likely N-dealkylation sites (tertiary alicyclic amines) is 1. The van der Waals surface area contributed by atoms with Gasteiger partial charge < -0.3 is 20.2 Å². The van der Waals surface area contributed by atoms with Gasteiger partial charge in [-0.25, -0.2) is 4.98 Å². The van der Waals surface area contributed by atoms with E-state index in [9.17, 15) is 14.4 Å². The van der Waals surface area contributed by atoms with Gasteiger partial charge in [0, 0.05) is 50.9 Å². The van der Waals surface area contributed by atoms with E-state index < -0.39 is 0 Å².